The Hall–Kier alpha value is -2.60. The van der Waals surface area contributed by atoms with E-state index in [1.165, 1.54) is 17.7 Å². The molecule has 1 aliphatic heterocycles. The van der Waals surface area contributed by atoms with E-state index in [0.29, 0.717) is 24.9 Å². The second-order valence-corrected chi connectivity index (χ2v) is 6.99. The van der Waals surface area contributed by atoms with E-state index in [-0.39, 0.29) is 5.82 Å². The minimum absolute atomic E-state index is 0.290. The third kappa shape index (κ3) is 6.53. The van der Waals surface area contributed by atoms with Crippen LogP contribution in [-0.4, -0.2) is 50.2 Å². The van der Waals surface area contributed by atoms with E-state index >= 15 is 0 Å². The van der Waals surface area contributed by atoms with Crippen LogP contribution in [0.2, 0.25) is 0 Å². The van der Waals surface area contributed by atoms with Crippen LogP contribution in [-0.2, 0) is 6.54 Å². The van der Waals surface area contributed by atoms with Crippen LogP contribution < -0.4 is 15.4 Å². The summed E-state index contributed by atoms with van der Waals surface area (Å²) in [6, 6.07) is 17.2. The van der Waals surface area contributed by atoms with Crippen molar-refractivity contribution in [2.45, 2.75) is 25.4 Å². The SMILES string of the molecule is CN=C(NCCOc1cccc(F)c1)NC1CCN(Cc2ccccc2)CC1. The van der Waals surface area contributed by atoms with E-state index in [0.717, 1.165) is 38.4 Å². The van der Waals surface area contributed by atoms with Gasteiger partial charge in [0.25, 0.3) is 0 Å². The molecular formula is C22H29FN4O. The molecule has 0 atom stereocenters. The second kappa shape index (κ2) is 10.7. The highest BCUT2D eigenvalue weighted by Gasteiger charge is 2.19. The van der Waals surface area contributed by atoms with Crippen LogP contribution in [0.5, 0.6) is 5.75 Å². The molecule has 3 rings (SSSR count). The second-order valence-electron chi connectivity index (χ2n) is 6.99. The molecule has 0 amide bonds. The number of likely N-dealkylation sites (tertiary alicyclic amines) is 1. The van der Waals surface area contributed by atoms with E-state index in [2.05, 4.69) is 50.9 Å². The highest BCUT2D eigenvalue weighted by atomic mass is 19.1. The van der Waals surface area contributed by atoms with E-state index in [9.17, 15) is 4.39 Å². The summed E-state index contributed by atoms with van der Waals surface area (Å²) >= 11 is 0. The lowest BCUT2D eigenvalue weighted by Crippen LogP contribution is -2.49. The van der Waals surface area contributed by atoms with Gasteiger partial charge < -0.3 is 15.4 Å². The molecule has 0 saturated carbocycles. The Labute approximate surface area is 166 Å². The lowest BCUT2D eigenvalue weighted by molar-refractivity contribution is 0.198. The molecule has 0 bridgehead atoms. The van der Waals surface area contributed by atoms with Crippen LogP contribution in [0.1, 0.15) is 18.4 Å². The highest BCUT2D eigenvalue weighted by molar-refractivity contribution is 5.79. The minimum Gasteiger partial charge on any atom is -0.492 e. The maximum Gasteiger partial charge on any atom is 0.191 e. The van der Waals surface area contributed by atoms with E-state index in [1.54, 1.807) is 19.2 Å². The van der Waals surface area contributed by atoms with Crippen LogP contribution >= 0.6 is 0 Å². The molecular weight excluding hydrogens is 355 g/mol. The third-order valence-electron chi connectivity index (χ3n) is 4.86. The van der Waals surface area contributed by atoms with Crippen LogP contribution in [0.4, 0.5) is 4.39 Å². The predicted octanol–water partition coefficient (Wildman–Crippen LogP) is 3.03. The van der Waals surface area contributed by atoms with Crippen molar-refractivity contribution in [2.24, 2.45) is 4.99 Å². The molecule has 0 aliphatic carbocycles. The first kappa shape index (κ1) is 20.1. The smallest absolute Gasteiger partial charge is 0.191 e. The molecule has 1 fully saturated rings. The van der Waals surface area contributed by atoms with Crippen molar-refractivity contribution in [3.05, 3.63) is 66.0 Å². The largest absolute Gasteiger partial charge is 0.492 e. The standard InChI is InChI=1S/C22H29FN4O/c1-24-22(25-12-15-28-21-9-5-8-19(23)16-21)26-20-10-13-27(14-11-20)17-18-6-3-2-4-7-18/h2-9,16,20H,10-15,17H2,1H3,(H2,24,25,26). The van der Waals surface area contributed by atoms with Crippen molar-refractivity contribution in [3.8, 4) is 5.75 Å². The van der Waals surface area contributed by atoms with Crippen molar-refractivity contribution in [1.82, 2.24) is 15.5 Å². The van der Waals surface area contributed by atoms with Gasteiger partial charge in [0.15, 0.2) is 5.96 Å². The average Bonchev–Trinajstić information content (AvgIpc) is 2.72. The van der Waals surface area contributed by atoms with E-state index in [4.69, 9.17) is 4.74 Å². The molecule has 2 aromatic carbocycles. The summed E-state index contributed by atoms with van der Waals surface area (Å²) in [5.74, 6) is 1.03. The summed E-state index contributed by atoms with van der Waals surface area (Å²) in [5.41, 5.74) is 1.37. The number of ether oxygens (including phenoxy) is 1. The normalized spacial score (nSPS) is 16.0. The number of guanidine groups is 1. The number of hydrogen-bond donors (Lipinski definition) is 2. The Morgan fingerprint density at radius 3 is 2.64 bits per heavy atom. The molecule has 28 heavy (non-hydrogen) atoms. The Morgan fingerprint density at radius 1 is 1.14 bits per heavy atom. The third-order valence-corrected chi connectivity index (χ3v) is 4.86. The molecule has 1 aliphatic rings. The fourth-order valence-electron chi connectivity index (χ4n) is 3.36. The van der Waals surface area contributed by atoms with Gasteiger partial charge in [0.2, 0.25) is 0 Å². The average molecular weight is 384 g/mol. The highest BCUT2D eigenvalue weighted by Crippen LogP contribution is 2.14. The first-order valence-corrected chi connectivity index (χ1v) is 9.85. The predicted molar refractivity (Wildman–Crippen MR) is 111 cm³/mol. The fraction of sp³-hybridized carbons (Fsp3) is 0.409. The van der Waals surface area contributed by atoms with Crippen molar-refractivity contribution >= 4 is 5.96 Å². The monoisotopic (exact) mass is 384 g/mol. The summed E-state index contributed by atoms with van der Waals surface area (Å²) < 4.78 is 18.7. The molecule has 6 heteroatoms. The van der Waals surface area contributed by atoms with Crippen LogP contribution in [0.15, 0.2) is 59.6 Å². The summed E-state index contributed by atoms with van der Waals surface area (Å²) in [7, 11) is 1.77. The van der Waals surface area contributed by atoms with Gasteiger partial charge in [0.1, 0.15) is 18.2 Å². The molecule has 0 aromatic heterocycles. The Kier molecular flexibility index (Phi) is 7.67. The number of nitrogens with one attached hydrogen (secondary N) is 2. The first-order chi connectivity index (χ1) is 13.7. The minimum atomic E-state index is -0.290. The van der Waals surface area contributed by atoms with Crippen molar-refractivity contribution < 1.29 is 9.13 Å². The van der Waals surface area contributed by atoms with E-state index in [1.807, 2.05) is 0 Å². The van der Waals surface area contributed by atoms with Gasteiger partial charge >= 0.3 is 0 Å². The molecule has 2 N–H and O–H groups in total. The van der Waals surface area contributed by atoms with Gasteiger partial charge in [-0.3, -0.25) is 9.89 Å². The summed E-state index contributed by atoms with van der Waals surface area (Å²) in [6.07, 6.45) is 2.18. The topological polar surface area (TPSA) is 48.9 Å². The molecule has 0 radical (unpaired) electrons. The van der Waals surface area contributed by atoms with Gasteiger partial charge in [-0.2, -0.15) is 0 Å². The number of aliphatic imine (C=N–C) groups is 1. The lowest BCUT2D eigenvalue weighted by atomic mass is 10.0. The molecule has 1 heterocycles. The van der Waals surface area contributed by atoms with E-state index < -0.39 is 0 Å². The maximum atomic E-state index is 13.1. The molecule has 2 aromatic rings. The lowest BCUT2D eigenvalue weighted by Gasteiger charge is -2.33. The zero-order valence-corrected chi connectivity index (χ0v) is 16.4. The van der Waals surface area contributed by atoms with Crippen LogP contribution in [0.25, 0.3) is 0 Å². The number of halogens is 1. The fourth-order valence-corrected chi connectivity index (χ4v) is 3.36. The number of piperidine rings is 1. The first-order valence-electron chi connectivity index (χ1n) is 9.85. The number of hydrogen-bond acceptors (Lipinski definition) is 3. The Bertz CT molecular complexity index is 745. The van der Waals surface area contributed by atoms with Crippen LogP contribution in [0.3, 0.4) is 0 Å². The zero-order chi connectivity index (χ0) is 19.6. The quantitative estimate of drug-likeness (QED) is 0.438. The van der Waals surface area contributed by atoms with Gasteiger partial charge in [-0.1, -0.05) is 36.4 Å². The van der Waals surface area contributed by atoms with Gasteiger partial charge in [-0.05, 0) is 30.5 Å². The van der Waals surface area contributed by atoms with Crippen LogP contribution in [0, 0.1) is 5.82 Å². The number of benzene rings is 2. The summed E-state index contributed by atoms with van der Waals surface area (Å²) in [4.78, 5) is 6.79. The molecule has 0 spiro atoms. The zero-order valence-electron chi connectivity index (χ0n) is 16.4. The number of nitrogens with zero attached hydrogens (tertiary/aromatic N) is 2. The molecule has 150 valence electrons. The summed E-state index contributed by atoms with van der Waals surface area (Å²) in [5, 5.41) is 6.75. The molecule has 5 nitrogen and oxygen atoms in total. The van der Waals surface area contributed by atoms with Crippen molar-refractivity contribution in [2.75, 3.05) is 33.3 Å². The van der Waals surface area contributed by atoms with Crippen molar-refractivity contribution in [3.63, 3.8) is 0 Å². The maximum absolute atomic E-state index is 13.1. The Morgan fingerprint density at radius 2 is 1.93 bits per heavy atom. The summed E-state index contributed by atoms with van der Waals surface area (Å²) in [6.45, 7) is 4.21. The van der Waals surface area contributed by atoms with Gasteiger partial charge in [0, 0.05) is 38.8 Å². The van der Waals surface area contributed by atoms with Gasteiger partial charge in [0.05, 0.1) is 6.54 Å². The van der Waals surface area contributed by atoms with Gasteiger partial charge in [-0.15, -0.1) is 0 Å². The molecule has 1 saturated heterocycles. The molecule has 0 unspecified atom stereocenters. The van der Waals surface area contributed by atoms with Gasteiger partial charge in [-0.25, -0.2) is 4.39 Å². The Balaban J connectivity index is 1.34. The van der Waals surface area contributed by atoms with Crippen molar-refractivity contribution in [1.29, 1.82) is 0 Å². The number of rotatable bonds is 7.